The highest BCUT2D eigenvalue weighted by Crippen LogP contribution is 2.26. The van der Waals surface area contributed by atoms with Crippen LogP contribution in [-0.2, 0) is 16.0 Å². The fourth-order valence-corrected chi connectivity index (χ4v) is 4.61. The van der Waals surface area contributed by atoms with Gasteiger partial charge in [-0.15, -0.1) is 0 Å². The quantitative estimate of drug-likeness (QED) is 0.727. The molecule has 1 atom stereocenters. The Balaban J connectivity index is 1.31. The lowest BCUT2D eigenvalue weighted by Crippen LogP contribution is -2.46. The van der Waals surface area contributed by atoms with Gasteiger partial charge < -0.3 is 20.0 Å². The average molecular weight is 435 g/mol. The Hall–Kier alpha value is -2.86. The van der Waals surface area contributed by atoms with Gasteiger partial charge in [-0.25, -0.2) is 0 Å². The van der Waals surface area contributed by atoms with Crippen LogP contribution in [0.4, 0.5) is 11.4 Å². The molecule has 0 saturated carbocycles. The number of aryl methyl sites for hydroxylation is 1. The topological polar surface area (TPSA) is 55.9 Å². The second kappa shape index (κ2) is 10.2. The zero-order chi connectivity index (χ0) is 22.5. The van der Waals surface area contributed by atoms with E-state index in [1.165, 1.54) is 11.3 Å². The van der Waals surface area contributed by atoms with E-state index in [-0.39, 0.29) is 17.7 Å². The second-order valence-electron chi connectivity index (χ2n) is 8.89. The number of hydrogen-bond donors (Lipinski definition) is 1. The molecule has 0 aromatic heterocycles. The highest BCUT2D eigenvalue weighted by molar-refractivity contribution is 5.97. The summed E-state index contributed by atoms with van der Waals surface area (Å²) in [5.41, 5.74) is 4.31. The van der Waals surface area contributed by atoms with Crippen molar-refractivity contribution in [3.05, 3.63) is 59.7 Å². The molecule has 2 aromatic rings. The van der Waals surface area contributed by atoms with Crippen molar-refractivity contribution in [1.29, 1.82) is 0 Å². The smallest absolute Gasteiger partial charge is 0.229 e. The van der Waals surface area contributed by atoms with Crippen molar-refractivity contribution in [1.82, 2.24) is 9.80 Å². The zero-order valence-electron chi connectivity index (χ0n) is 19.2. The molecular weight excluding hydrogens is 400 g/mol. The van der Waals surface area contributed by atoms with E-state index in [9.17, 15) is 9.59 Å². The number of benzene rings is 2. The fraction of sp³-hybridized carbons (Fsp3) is 0.462. The van der Waals surface area contributed by atoms with Crippen LogP contribution < -0.4 is 10.2 Å². The van der Waals surface area contributed by atoms with Crippen molar-refractivity contribution in [2.24, 2.45) is 5.92 Å². The maximum atomic E-state index is 12.9. The number of rotatable bonds is 7. The Morgan fingerprint density at radius 3 is 2.50 bits per heavy atom. The summed E-state index contributed by atoms with van der Waals surface area (Å²) in [6, 6.07) is 16.4. The number of likely N-dealkylation sites (tertiary alicyclic amines) is 1. The largest absolute Gasteiger partial charge is 0.369 e. The minimum absolute atomic E-state index is 0.0621. The minimum atomic E-state index is -0.292. The van der Waals surface area contributed by atoms with Crippen LogP contribution in [0.2, 0.25) is 0 Å². The summed E-state index contributed by atoms with van der Waals surface area (Å²) in [4.78, 5) is 32.0. The van der Waals surface area contributed by atoms with E-state index in [4.69, 9.17) is 0 Å². The normalized spacial score (nSPS) is 19.4. The number of nitrogens with zero attached hydrogens (tertiary/aromatic N) is 3. The molecule has 2 heterocycles. The van der Waals surface area contributed by atoms with E-state index in [0.717, 1.165) is 50.4 Å². The number of hydrogen-bond acceptors (Lipinski definition) is 4. The maximum absolute atomic E-state index is 12.9. The first kappa shape index (κ1) is 22.3. The molecule has 170 valence electrons. The predicted octanol–water partition coefficient (Wildman–Crippen LogP) is 3.17. The molecule has 1 N–H and O–H groups in total. The lowest BCUT2D eigenvalue weighted by Gasteiger charge is -2.35. The lowest BCUT2D eigenvalue weighted by atomic mass is 10.1. The van der Waals surface area contributed by atoms with Gasteiger partial charge in [0.1, 0.15) is 0 Å². The molecule has 32 heavy (non-hydrogen) atoms. The highest BCUT2D eigenvalue weighted by Gasteiger charge is 2.34. The van der Waals surface area contributed by atoms with Gasteiger partial charge in [-0.05, 0) is 49.2 Å². The number of likely N-dealkylation sites (N-methyl/N-ethyl adjacent to an activating group) is 1. The monoisotopic (exact) mass is 434 g/mol. The Bertz CT molecular complexity index is 938. The van der Waals surface area contributed by atoms with Gasteiger partial charge in [0.15, 0.2) is 0 Å². The van der Waals surface area contributed by atoms with E-state index in [2.05, 4.69) is 46.3 Å². The van der Waals surface area contributed by atoms with Gasteiger partial charge >= 0.3 is 0 Å². The maximum Gasteiger partial charge on any atom is 0.229 e. The molecule has 0 bridgehead atoms. The summed E-state index contributed by atoms with van der Waals surface area (Å²) >= 11 is 0. The number of piperazine rings is 1. The third-order valence-corrected chi connectivity index (χ3v) is 6.75. The summed E-state index contributed by atoms with van der Waals surface area (Å²) in [6.07, 6.45) is 1.10. The second-order valence-corrected chi connectivity index (χ2v) is 8.89. The first-order valence-corrected chi connectivity index (χ1v) is 11.7. The van der Waals surface area contributed by atoms with Gasteiger partial charge in [-0.3, -0.25) is 9.59 Å². The molecule has 0 spiro atoms. The van der Waals surface area contributed by atoms with Crippen molar-refractivity contribution >= 4 is 23.2 Å². The van der Waals surface area contributed by atoms with E-state index >= 15 is 0 Å². The van der Waals surface area contributed by atoms with E-state index in [0.29, 0.717) is 19.5 Å². The average Bonchev–Trinajstić information content (AvgIpc) is 3.20. The summed E-state index contributed by atoms with van der Waals surface area (Å²) in [7, 11) is 0. The Morgan fingerprint density at radius 1 is 1.06 bits per heavy atom. The summed E-state index contributed by atoms with van der Waals surface area (Å²) < 4.78 is 0. The van der Waals surface area contributed by atoms with Crippen molar-refractivity contribution in [3.8, 4) is 0 Å². The van der Waals surface area contributed by atoms with Crippen LogP contribution in [0.25, 0.3) is 0 Å². The molecule has 2 saturated heterocycles. The number of amides is 2. The summed E-state index contributed by atoms with van der Waals surface area (Å²) in [5, 5.41) is 3.07. The van der Waals surface area contributed by atoms with Crippen LogP contribution in [-0.4, -0.2) is 67.4 Å². The first-order chi connectivity index (χ1) is 15.5. The molecule has 6 nitrogen and oxygen atoms in total. The number of anilines is 2. The molecule has 1 unspecified atom stereocenters. The van der Waals surface area contributed by atoms with Gasteiger partial charge in [-0.2, -0.15) is 0 Å². The first-order valence-electron chi connectivity index (χ1n) is 11.7. The molecule has 2 aromatic carbocycles. The van der Waals surface area contributed by atoms with Crippen LogP contribution >= 0.6 is 0 Å². The Kier molecular flexibility index (Phi) is 7.10. The van der Waals surface area contributed by atoms with E-state index in [1.807, 2.05) is 36.1 Å². The summed E-state index contributed by atoms with van der Waals surface area (Å²) in [5.74, 6) is -0.285. The van der Waals surface area contributed by atoms with Gasteiger partial charge in [0.25, 0.3) is 0 Å². The van der Waals surface area contributed by atoms with Crippen molar-refractivity contribution in [3.63, 3.8) is 0 Å². The predicted molar refractivity (Wildman–Crippen MR) is 129 cm³/mol. The summed E-state index contributed by atoms with van der Waals surface area (Å²) in [6.45, 7) is 10.7. The van der Waals surface area contributed by atoms with Crippen LogP contribution in [0.15, 0.2) is 48.5 Å². The van der Waals surface area contributed by atoms with Crippen molar-refractivity contribution in [2.75, 3.05) is 56.0 Å². The molecule has 0 aliphatic carbocycles. The van der Waals surface area contributed by atoms with Crippen LogP contribution in [0.1, 0.15) is 24.5 Å². The van der Waals surface area contributed by atoms with Gasteiger partial charge in [-0.1, -0.05) is 37.3 Å². The molecule has 2 amide bonds. The van der Waals surface area contributed by atoms with E-state index < -0.39 is 0 Å². The lowest BCUT2D eigenvalue weighted by molar-refractivity contribution is -0.128. The SMILES string of the molecule is CCN1CCN(c2ccc(NC(=O)C3CC(=O)N(CCc4ccccc4)C3)c(C)c2)CC1. The number of carbonyl (C=O) groups excluding carboxylic acids is 2. The van der Waals surface area contributed by atoms with Crippen molar-refractivity contribution in [2.45, 2.75) is 26.7 Å². The Labute approximate surface area is 191 Å². The van der Waals surface area contributed by atoms with Gasteiger partial charge in [0.2, 0.25) is 11.8 Å². The molecule has 4 rings (SSSR count). The molecule has 6 heteroatoms. The van der Waals surface area contributed by atoms with Gasteiger partial charge in [0.05, 0.1) is 5.92 Å². The number of carbonyl (C=O) groups is 2. The van der Waals surface area contributed by atoms with Crippen molar-refractivity contribution < 1.29 is 9.59 Å². The molecule has 2 aliphatic heterocycles. The van der Waals surface area contributed by atoms with Crippen LogP contribution in [0.3, 0.4) is 0 Å². The molecule has 0 radical (unpaired) electrons. The van der Waals surface area contributed by atoms with Gasteiger partial charge in [0, 0.05) is 57.1 Å². The van der Waals surface area contributed by atoms with E-state index in [1.54, 1.807) is 0 Å². The minimum Gasteiger partial charge on any atom is -0.369 e. The molecule has 2 fully saturated rings. The third-order valence-electron chi connectivity index (χ3n) is 6.75. The standard InChI is InChI=1S/C26H34N4O2/c1-3-28-13-15-29(16-14-28)23-9-10-24(20(2)17-23)27-26(32)22-18-25(31)30(19-22)12-11-21-7-5-4-6-8-21/h4-10,17,22H,3,11-16,18-19H2,1-2H3,(H,27,32). The zero-order valence-corrected chi connectivity index (χ0v) is 19.2. The fourth-order valence-electron chi connectivity index (χ4n) is 4.61. The van der Waals surface area contributed by atoms with Crippen LogP contribution in [0.5, 0.6) is 0 Å². The highest BCUT2D eigenvalue weighted by atomic mass is 16.2. The number of nitrogens with one attached hydrogen (secondary N) is 1. The Morgan fingerprint density at radius 2 is 1.81 bits per heavy atom. The molecule has 2 aliphatic rings. The van der Waals surface area contributed by atoms with Crippen LogP contribution in [0, 0.1) is 12.8 Å². The molecular formula is C26H34N4O2. The third kappa shape index (κ3) is 5.30.